The first-order valence-electron chi connectivity index (χ1n) is 5.96. The lowest BCUT2D eigenvalue weighted by Crippen LogP contribution is -2.12. The van der Waals surface area contributed by atoms with Crippen LogP contribution in [0.3, 0.4) is 0 Å². The molecule has 0 atom stereocenters. The first-order valence-corrected chi connectivity index (χ1v) is 5.96. The van der Waals surface area contributed by atoms with Crippen molar-refractivity contribution in [1.82, 2.24) is 0 Å². The summed E-state index contributed by atoms with van der Waals surface area (Å²) < 4.78 is 18.1. The predicted molar refractivity (Wildman–Crippen MR) is 73.7 cm³/mol. The van der Waals surface area contributed by atoms with Gasteiger partial charge in [-0.05, 0) is 42.8 Å². The number of anilines is 1. The zero-order chi connectivity index (χ0) is 14.7. The average molecular weight is 275 g/mol. The molecule has 2 aromatic rings. The van der Waals surface area contributed by atoms with Crippen molar-refractivity contribution in [2.75, 3.05) is 12.4 Å². The Labute approximate surface area is 115 Å². The van der Waals surface area contributed by atoms with Crippen LogP contribution in [0, 0.1) is 12.7 Å². The summed E-state index contributed by atoms with van der Waals surface area (Å²) in [5.74, 6) is -0.651. The Bertz CT molecular complexity index is 656. The molecule has 0 unspecified atom stereocenters. The summed E-state index contributed by atoms with van der Waals surface area (Å²) in [6, 6.07) is 8.61. The smallest absolute Gasteiger partial charge is 0.255 e. The molecule has 0 aromatic heterocycles. The standard InChI is InChI=1S/C15H14FNO3/c1-9-7-10(3-6-13(9)18)15(19)17-11-4-5-12(16)14(8-11)20-2/h3-8,18H,1-2H3,(H,17,19). The zero-order valence-corrected chi connectivity index (χ0v) is 11.1. The molecule has 2 rings (SSSR count). The van der Waals surface area contributed by atoms with Gasteiger partial charge in [0.05, 0.1) is 7.11 Å². The molecule has 20 heavy (non-hydrogen) atoms. The normalized spacial score (nSPS) is 10.2. The van der Waals surface area contributed by atoms with Gasteiger partial charge in [-0.2, -0.15) is 0 Å². The maximum Gasteiger partial charge on any atom is 0.255 e. The minimum absolute atomic E-state index is 0.0599. The van der Waals surface area contributed by atoms with Crippen LogP contribution in [-0.4, -0.2) is 18.1 Å². The first-order chi connectivity index (χ1) is 9.51. The summed E-state index contributed by atoms with van der Waals surface area (Å²) in [6.07, 6.45) is 0. The Morgan fingerprint density at radius 2 is 2.00 bits per heavy atom. The number of phenolic OH excluding ortho intramolecular Hbond substituents is 1. The van der Waals surface area contributed by atoms with Gasteiger partial charge >= 0.3 is 0 Å². The highest BCUT2D eigenvalue weighted by Gasteiger charge is 2.10. The number of carbonyl (C=O) groups excluding carboxylic acids is 1. The van der Waals surface area contributed by atoms with Crippen molar-refractivity contribution in [2.45, 2.75) is 6.92 Å². The van der Waals surface area contributed by atoms with E-state index >= 15 is 0 Å². The van der Waals surface area contributed by atoms with Crippen LogP contribution in [-0.2, 0) is 0 Å². The molecule has 0 spiro atoms. The lowest BCUT2D eigenvalue weighted by atomic mass is 10.1. The van der Waals surface area contributed by atoms with E-state index in [9.17, 15) is 14.3 Å². The van der Waals surface area contributed by atoms with Crippen molar-refractivity contribution >= 4 is 11.6 Å². The second kappa shape index (κ2) is 5.61. The van der Waals surface area contributed by atoms with E-state index in [-0.39, 0.29) is 17.4 Å². The highest BCUT2D eigenvalue weighted by atomic mass is 19.1. The van der Waals surface area contributed by atoms with Gasteiger partial charge < -0.3 is 15.2 Å². The number of carbonyl (C=O) groups is 1. The predicted octanol–water partition coefficient (Wildman–Crippen LogP) is 3.10. The van der Waals surface area contributed by atoms with Crippen molar-refractivity contribution in [2.24, 2.45) is 0 Å². The van der Waals surface area contributed by atoms with Crippen LogP contribution in [0.5, 0.6) is 11.5 Å². The number of amides is 1. The van der Waals surface area contributed by atoms with E-state index in [1.807, 2.05) is 0 Å². The number of ether oxygens (including phenoxy) is 1. The van der Waals surface area contributed by atoms with Gasteiger partial charge in [-0.15, -0.1) is 0 Å². The molecule has 0 aliphatic heterocycles. The van der Waals surface area contributed by atoms with Crippen LogP contribution < -0.4 is 10.1 Å². The van der Waals surface area contributed by atoms with E-state index in [4.69, 9.17) is 4.74 Å². The number of hydrogen-bond donors (Lipinski definition) is 2. The molecule has 0 heterocycles. The maximum absolute atomic E-state index is 13.3. The summed E-state index contributed by atoms with van der Waals surface area (Å²) in [5, 5.41) is 12.1. The van der Waals surface area contributed by atoms with Crippen LogP contribution in [0.2, 0.25) is 0 Å². The van der Waals surface area contributed by atoms with Crippen LogP contribution >= 0.6 is 0 Å². The number of benzene rings is 2. The van der Waals surface area contributed by atoms with Crippen LogP contribution in [0.25, 0.3) is 0 Å². The zero-order valence-electron chi connectivity index (χ0n) is 11.1. The van der Waals surface area contributed by atoms with Crippen molar-refractivity contribution in [3.8, 4) is 11.5 Å². The Morgan fingerprint density at radius 3 is 2.65 bits per heavy atom. The molecule has 0 radical (unpaired) electrons. The Hall–Kier alpha value is -2.56. The molecular weight excluding hydrogens is 261 g/mol. The van der Waals surface area contributed by atoms with Crippen LogP contribution in [0.1, 0.15) is 15.9 Å². The maximum atomic E-state index is 13.3. The number of nitrogens with one attached hydrogen (secondary N) is 1. The molecule has 2 N–H and O–H groups in total. The number of halogens is 1. The molecule has 0 aliphatic carbocycles. The number of aryl methyl sites for hydroxylation is 1. The van der Waals surface area contributed by atoms with Gasteiger partial charge in [0.25, 0.3) is 5.91 Å². The molecule has 0 saturated carbocycles. The first kappa shape index (κ1) is 13.9. The molecule has 0 saturated heterocycles. The molecule has 104 valence electrons. The fourth-order valence-electron chi connectivity index (χ4n) is 1.74. The van der Waals surface area contributed by atoms with E-state index in [2.05, 4.69) is 5.32 Å². The second-order valence-electron chi connectivity index (χ2n) is 4.30. The quantitative estimate of drug-likeness (QED) is 0.905. The molecule has 0 bridgehead atoms. The summed E-state index contributed by atoms with van der Waals surface area (Å²) in [4.78, 5) is 12.0. The number of methoxy groups -OCH3 is 1. The molecule has 2 aromatic carbocycles. The van der Waals surface area contributed by atoms with Crippen molar-refractivity contribution < 1.29 is 19.0 Å². The third-order valence-corrected chi connectivity index (χ3v) is 2.87. The number of hydrogen-bond acceptors (Lipinski definition) is 3. The number of phenols is 1. The molecule has 1 amide bonds. The minimum atomic E-state index is -0.494. The SMILES string of the molecule is COc1cc(NC(=O)c2ccc(O)c(C)c2)ccc1F. The molecule has 0 aliphatic rings. The Balaban J connectivity index is 2.21. The van der Waals surface area contributed by atoms with E-state index in [0.29, 0.717) is 16.8 Å². The van der Waals surface area contributed by atoms with E-state index in [1.54, 1.807) is 13.0 Å². The van der Waals surface area contributed by atoms with Gasteiger partial charge in [-0.3, -0.25) is 4.79 Å². The second-order valence-corrected chi connectivity index (χ2v) is 4.30. The largest absolute Gasteiger partial charge is 0.508 e. The number of rotatable bonds is 3. The molecule has 4 nitrogen and oxygen atoms in total. The third kappa shape index (κ3) is 2.88. The summed E-state index contributed by atoms with van der Waals surface area (Å²) >= 11 is 0. The van der Waals surface area contributed by atoms with E-state index in [1.165, 1.54) is 37.4 Å². The lowest BCUT2D eigenvalue weighted by Gasteiger charge is -2.08. The molecular formula is C15H14FNO3. The van der Waals surface area contributed by atoms with Gasteiger partial charge in [0.15, 0.2) is 11.6 Å². The Morgan fingerprint density at radius 1 is 1.25 bits per heavy atom. The topological polar surface area (TPSA) is 58.6 Å². The van der Waals surface area contributed by atoms with Gasteiger partial charge in [-0.1, -0.05) is 0 Å². The van der Waals surface area contributed by atoms with Crippen LogP contribution in [0.15, 0.2) is 36.4 Å². The molecule has 0 fully saturated rings. The van der Waals surface area contributed by atoms with Gasteiger partial charge in [0, 0.05) is 17.3 Å². The summed E-state index contributed by atoms with van der Waals surface area (Å²) in [6.45, 7) is 1.70. The van der Waals surface area contributed by atoms with Crippen molar-refractivity contribution in [3.05, 3.63) is 53.3 Å². The third-order valence-electron chi connectivity index (χ3n) is 2.87. The lowest BCUT2D eigenvalue weighted by molar-refractivity contribution is 0.102. The van der Waals surface area contributed by atoms with Crippen LogP contribution in [0.4, 0.5) is 10.1 Å². The minimum Gasteiger partial charge on any atom is -0.508 e. The van der Waals surface area contributed by atoms with Crippen molar-refractivity contribution in [1.29, 1.82) is 0 Å². The van der Waals surface area contributed by atoms with Gasteiger partial charge in [0.2, 0.25) is 0 Å². The Kier molecular flexibility index (Phi) is 3.89. The average Bonchev–Trinajstić information content (AvgIpc) is 2.43. The molecule has 5 heteroatoms. The highest BCUT2D eigenvalue weighted by molar-refractivity contribution is 6.04. The summed E-state index contributed by atoms with van der Waals surface area (Å²) in [5.41, 5.74) is 1.44. The fraction of sp³-hybridized carbons (Fsp3) is 0.133. The van der Waals surface area contributed by atoms with Gasteiger partial charge in [-0.25, -0.2) is 4.39 Å². The van der Waals surface area contributed by atoms with Crippen molar-refractivity contribution in [3.63, 3.8) is 0 Å². The van der Waals surface area contributed by atoms with Gasteiger partial charge in [0.1, 0.15) is 5.75 Å². The van der Waals surface area contributed by atoms with E-state index in [0.717, 1.165) is 0 Å². The van der Waals surface area contributed by atoms with E-state index < -0.39 is 5.82 Å². The monoisotopic (exact) mass is 275 g/mol. The fourth-order valence-corrected chi connectivity index (χ4v) is 1.74. The highest BCUT2D eigenvalue weighted by Crippen LogP contribution is 2.22. The summed E-state index contributed by atoms with van der Waals surface area (Å²) in [7, 11) is 1.35. The number of aromatic hydroxyl groups is 1.